The van der Waals surface area contributed by atoms with E-state index in [9.17, 15) is 0 Å². The Morgan fingerprint density at radius 3 is 2.64 bits per heavy atom. The first-order chi connectivity index (χ1) is 6.70. The van der Waals surface area contributed by atoms with Gasteiger partial charge in [-0.15, -0.1) is 0 Å². The van der Waals surface area contributed by atoms with Gasteiger partial charge in [-0.05, 0) is 37.1 Å². The van der Waals surface area contributed by atoms with Crippen LogP contribution >= 0.6 is 0 Å². The second kappa shape index (κ2) is 4.19. The normalized spacial score (nSPS) is 43.9. The van der Waals surface area contributed by atoms with E-state index >= 15 is 0 Å². The van der Waals surface area contributed by atoms with Crippen LogP contribution in [0.3, 0.4) is 0 Å². The Labute approximate surface area is 87.8 Å². The molecular formula is C12H24N2. The maximum absolute atomic E-state index is 6.10. The topological polar surface area (TPSA) is 29.3 Å². The van der Waals surface area contributed by atoms with Gasteiger partial charge in [-0.3, -0.25) is 0 Å². The van der Waals surface area contributed by atoms with Crippen LogP contribution in [0.4, 0.5) is 0 Å². The standard InChI is InChI=1S/C12H24N2/c1-3-10-7-14(5-4-12(10)13)8-11-6-9(11)2/h9-12H,3-8,13H2,1-2H3. The van der Waals surface area contributed by atoms with Gasteiger partial charge in [0.15, 0.2) is 0 Å². The van der Waals surface area contributed by atoms with Crippen molar-refractivity contribution >= 4 is 0 Å². The SMILES string of the molecule is CCC1CN(CC2CC2C)CCC1N. The lowest BCUT2D eigenvalue weighted by molar-refractivity contribution is 0.145. The van der Waals surface area contributed by atoms with Crippen LogP contribution in [0.25, 0.3) is 0 Å². The summed E-state index contributed by atoms with van der Waals surface area (Å²) in [6, 6.07) is 0.466. The molecule has 1 aliphatic carbocycles. The van der Waals surface area contributed by atoms with Crippen LogP contribution in [0, 0.1) is 17.8 Å². The molecule has 4 atom stereocenters. The molecular weight excluding hydrogens is 172 g/mol. The zero-order chi connectivity index (χ0) is 10.1. The van der Waals surface area contributed by atoms with Crippen molar-refractivity contribution in [3.63, 3.8) is 0 Å². The minimum Gasteiger partial charge on any atom is -0.327 e. The van der Waals surface area contributed by atoms with Crippen LogP contribution in [-0.4, -0.2) is 30.6 Å². The van der Waals surface area contributed by atoms with Gasteiger partial charge in [-0.1, -0.05) is 20.3 Å². The smallest absolute Gasteiger partial charge is 0.00914 e. The van der Waals surface area contributed by atoms with E-state index in [0.29, 0.717) is 6.04 Å². The van der Waals surface area contributed by atoms with Crippen molar-refractivity contribution in [3.8, 4) is 0 Å². The van der Waals surface area contributed by atoms with Gasteiger partial charge in [0.05, 0.1) is 0 Å². The highest BCUT2D eigenvalue weighted by atomic mass is 15.1. The Morgan fingerprint density at radius 2 is 2.07 bits per heavy atom. The first-order valence-electron chi connectivity index (χ1n) is 6.18. The monoisotopic (exact) mass is 196 g/mol. The molecule has 0 spiro atoms. The molecule has 14 heavy (non-hydrogen) atoms. The first-order valence-corrected chi connectivity index (χ1v) is 6.18. The highest BCUT2D eigenvalue weighted by Crippen LogP contribution is 2.38. The molecule has 4 unspecified atom stereocenters. The molecule has 0 aromatic heterocycles. The maximum Gasteiger partial charge on any atom is 0.00914 e. The third kappa shape index (κ3) is 2.29. The van der Waals surface area contributed by atoms with Crippen molar-refractivity contribution in [1.29, 1.82) is 0 Å². The molecule has 1 saturated carbocycles. The lowest BCUT2D eigenvalue weighted by Gasteiger charge is -2.36. The summed E-state index contributed by atoms with van der Waals surface area (Å²) in [6.45, 7) is 8.47. The van der Waals surface area contributed by atoms with E-state index in [2.05, 4.69) is 18.7 Å². The number of likely N-dealkylation sites (tertiary alicyclic amines) is 1. The molecule has 1 heterocycles. The number of piperidine rings is 1. The number of nitrogens with zero attached hydrogens (tertiary/aromatic N) is 1. The summed E-state index contributed by atoms with van der Waals surface area (Å²) < 4.78 is 0. The highest BCUT2D eigenvalue weighted by molar-refractivity contribution is 4.88. The van der Waals surface area contributed by atoms with Crippen molar-refractivity contribution < 1.29 is 0 Å². The fourth-order valence-electron chi connectivity index (χ4n) is 2.71. The van der Waals surface area contributed by atoms with Crippen LogP contribution in [0.1, 0.15) is 33.1 Å². The van der Waals surface area contributed by atoms with Crippen LogP contribution in [-0.2, 0) is 0 Å². The Hall–Kier alpha value is -0.0800. The second-order valence-corrected chi connectivity index (χ2v) is 5.35. The van der Waals surface area contributed by atoms with Gasteiger partial charge >= 0.3 is 0 Å². The minimum absolute atomic E-state index is 0.466. The van der Waals surface area contributed by atoms with Gasteiger partial charge in [-0.25, -0.2) is 0 Å². The molecule has 2 N–H and O–H groups in total. The number of rotatable bonds is 3. The molecule has 2 heteroatoms. The molecule has 82 valence electrons. The highest BCUT2D eigenvalue weighted by Gasteiger charge is 2.35. The first kappa shape index (κ1) is 10.4. The lowest BCUT2D eigenvalue weighted by Crippen LogP contribution is -2.47. The van der Waals surface area contributed by atoms with E-state index in [-0.39, 0.29) is 0 Å². The molecule has 2 rings (SSSR count). The molecule has 1 saturated heterocycles. The second-order valence-electron chi connectivity index (χ2n) is 5.35. The average molecular weight is 196 g/mol. The summed E-state index contributed by atoms with van der Waals surface area (Å²) >= 11 is 0. The van der Waals surface area contributed by atoms with Crippen molar-refractivity contribution in [2.24, 2.45) is 23.5 Å². The summed E-state index contributed by atoms with van der Waals surface area (Å²) in [5, 5.41) is 0. The van der Waals surface area contributed by atoms with Crippen molar-refractivity contribution in [2.75, 3.05) is 19.6 Å². The molecule has 2 fully saturated rings. The molecule has 2 aliphatic rings. The van der Waals surface area contributed by atoms with E-state index in [4.69, 9.17) is 5.73 Å². The average Bonchev–Trinajstić information content (AvgIpc) is 2.85. The quantitative estimate of drug-likeness (QED) is 0.744. The molecule has 1 aliphatic heterocycles. The van der Waals surface area contributed by atoms with E-state index < -0.39 is 0 Å². The van der Waals surface area contributed by atoms with Crippen LogP contribution in [0.15, 0.2) is 0 Å². The third-order valence-corrected chi connectivity index (χ3v) is 4.17. The Morgan fingerprint density at radius 1 is 1.36 bits per heavy atom. The van der Waals surface area contributed by atoms with E-state index in [1.54, 1.807) is 0 Å². The van der Waals surface area contributed by atoms with Crippen LogP contribution < -0.4 is 5.73 Å². The minimum atomic E-state index is 0.466. The number of hydrogen-bond donors (Lipinski definition) is 1. The van der Waals surface area contributed by atoms with E-state index in [0.717, 1.165) is 17.8 Å². The molecule has 0 aromatic carbocycles. The van der Waals surface area contributed by atoms with Gasteiger partial charge in [-0.2, -0.15) is 0 Å². The molecule has 0 amide bonds. The van der Waals surface area contributed by atoms with E-state index in [1.807, 2.05) is 0 Å². The molecule has 2 nitrogen and oxygen atoms in total. The van der Waals surface area contributed by atoms with E-state index in [1.165, 1.54) is 38.9 Å². The Kier molecular flexibility index (Phi) is 3.13. The molecule has 0 bridgehead atoms. The van der Waals surface area contributed by atoms with Crippen molar-refractivity contribution in [3.05, 3.63) is 0 Å². The summed E-state index contributed by atoms with van der Waals surface area (Å²) in [4.78, 5) is 2.64. The maximum atomic E-state index is 6.10. The summed E-state index contributed by atoms with van der Waals surface area (Å²) in [5.41, 5.74) is 6.10. The van der Waals surface area contributed by atoms with Gasteiger partial charge in [0.25, 0.3) is 0 Å². The van der Waals surface area contributed by atoms with Crippen LogP contribution in [0.5, 0.6) is 0 Å². The van der Waals surface area contributed by atoms with Crippen molar-refractivity contribution in [2.45, 2.75) is 39.2 Å². The lowest BCUT2D eigenvalue weighted by atomic mass is 9.90. The van der Waals surface area contributed by atoms with Crippen LogP contribution in [0.2, 0.25) is 0 Å². The van der Waals surface area contributed by atoms with Crippen molar-refractivity contribution in [1.82, 2.24) is 4.90 Å². The Balaban J connectivity index is 1.77. The zero-order valence-electron chi connectivity index (χ0n) is 9.58. The van der Waals surface area contributed by atoms with Gasteiger partial charge in [0.1, 0.15) is 0 Å². The molecule has 0 radical (unpaired) electrons. The number of hydrogen-bond acceptors (Lipinski definition) is 2. The summed E-state index contributed by atoms with van der Waals surface area (Å²) in [6.07, 6.45) is 3.91. The molecule has 0 aromatic rings. The third-order valence-electron chi connectivity index (χ3n) is 4.17. The van der Waals surface area contributed by atoms with Gasteiger partial charge in [0, 0.05) is 19.1 Å². The van der Waals surface area contributed by atoms with Gasteiger partial charge in [0.2, 0.25) is 0 Å². The zero-order valence-corrected chi connectivity index (χ0v) is 9.58. The summed E-state index contributed by atoms with van der Waals surface area (Å²) in [5.74, 6) is 2.74. The van der Waals surface area contributed by atoms with Gasteiger partial charge < -0.3 is 10.6 Å². The summed E-state index contributed by atoms with van der Waals surface area (Å²) in [7, 11) is 0. The predicted molar refractivity (Wildman–Crippen MR) is 60.1 cm³/mol. The Bertz CT molecular complexity index is 193. The number of nitrogens with two attached hydrogens (primary N) is 1. The largest absolute Gasteiger partial charge is 0.327 e. The predicted octanol–water partition coefficient (Wildman–Crippen LogP) is 1.70. The fourth-order valence-corrected chi connectivity index (χ4v) is 2.71. The fraction of sp³-hybridized carbons (Fsp3) is 1.00.